The summed E-state index contributed by atoms with van der Waals surface area (Å²) < 4.78 is 149. The number of nitrogens with zero attached hydrogens (tertiary/aromatic N) is 5. The summed E-state index contributed by atoms with van der Waals surface area (Å²) in [5, 5.41) is 6.75. The number of amides is 1. The number of aryl methyl sites for hydroxylation is 2. The molecule has 0 radical (unpaired) electrons. The number of nitrogens with two attached hydrogens (primary N) is 2. The van der Waals surface area contributed by atoms with Crippen LogP contribution in [-0.4, -0.2) is 75.3 Å². The monoisotopic (exact) mass is 1170 g/mol. The first-order valence-corrected chi connectivity index (χ1v) is 25.0. The molecule has 18 nitrogen and oxygen atoms in total. The number of aromatic nitrogens is 5. The third-order valence-corrected chi connectivity index (χ3v) is 13.3. The van der Waals surface area contributed by atoms with Crippen LogP contribution in [0, 0.1) is 13.8 Å². The van der Waals surface area contributed by atoms with Gasteiger partial charge in [0.1, 0.15) is 12.0 Å². The molecule has 75 heavy (non-hydrogen) atoms. The molecule has 3 aromatic heterocycles. The molecule has 0 aliphatic carbocycles. The molecular formula is C45H42Cl4F6N10O8S2. The largest absolute Gasteiger partial charge is 0.417 e. The Bertz CT molecular complexity index is 3310. The number of anilines is 3. The second kappa shape index (κ2) is 26.4. The fourth-order valence-electron chi connectivity index (χ4n) is 5.93. The van der Waals surface area contributed by atoms with Gasteiger partial charge in [-0.25, -0.2) is 32.6 Å². The quantitative estimate of drug-likeness (QED) is 0.0190. The van der Waals surface area contributed by atoms with Crippen molar-refractivity contribution in [2.45, 2.75) is 42.5 Å². The van der Waals surface area contributed by atoms with Crippen molar-refractivity contribution in [2.75, 3.05) is 36.5 Å². The Balaban J connectivity index is 0.000000259. The number of halogens is 10. The maximum atomic E-state index is 13.2. The summed E-state index contributed by atoms with van der Waals surface area (Å²) in [6.45, 7) is 3.35. The highest BCUT2D eigenvalue weighted by atomic mass is 35.5. The topological polar surface area (TPSA) is 258 Å². The number of hydrogen-bond acceptors (Lipinski definition) is 14. The van der Waals surface area contributed by atoms with Crippen LogP contribution in [0.15, 0.2) is 126 Å². The standard InChI is InChI=1S/C21H14Cl2F3N5O2S.C13H9Cl2F3N4O3S.C7H9N.C4H10O3/c1-12-4-2-3-5-18(12)31-11-28-29-20(31)19-17(8-13(22)10-27-19)30-34(32,33)14-6-7-16(23)15(9-14)21(24,25)26;14-6-3-10(11(20-5-6)12(23)21-19)22-26(24,25)7-1-2-9(15)8(4-7)13(16,17)18;1-6-4-2-3-5-7(6)8;1-5-4(6-2)7-3/h2-11,30H,1H3;1-5,22H,19H2,(H,21,23);2-5H,8H2,1H3;4H,1-3H3. The summed E-state index contributed by atoms with van der Waals surface area (Å²) >= 11 is 22.8. The molecule has 30 heteroatoms. The molecule has 1 amide bonds. The van der Waals surface area contributed by atoms with Crippen LogP contribution >= 0.6 is 46.4 Å². The van der Waals surface area contributed by atoms with Gasteiger partial charge < -0.3 is 19.9 Å². The molecule has 3 heterocycles. The first-order chi connectivity index (χ1) is 35.1. The average molecular weight is 1170 g/mol. The van der Waals surface area contributed by atoms with Crippen molar-refractivity contribution in [3.8, 4) is 17.2 Å². The molecule has 0 aliphatic heterocycles. The number of carbonyl (C=O) groups is 1. The van der Waals surface area contributed by atoms with Gasteiger partial charge in [0.15, 0.2) is 11.5 Å². The molecule has 7 aromatic rings. The summed E-state index contributed by atoms with van der Waals surface area (Å²) in [4.78, 5) is 18.1. The van der Waals surface area contributed by atoms with Gasteiger partial charge in [-0.2, -0.15) is 26.3 Å². The van der Waals surface area contributed by atoms with Gasteiger partial charge in [0.2, 0.25) is 0 Å². The summed E-state index contributed by atoms with van der Waals surface area (Å²) in [6, 6.07) is 21.8. The molecule has 0 saturated carbocycles. The third kappa shape index (κ3) is 16.8. The second-order valence-electron chi connectivity index (χ2n) is 14.7. The van der Waals surface area contributed by atoms with Crippen LogP contribution in [0.25, 0.3) is 17.2 Å². The van der Waals surface area contributed by atoms with Gasteiger partial charge in [-0.1, -0.05) is 82.8 Å². The number of pyridine rings is 2. The van der Waals surface area contributed by atoms with E-state index in [1.54, 1.807) is 9.99 Å². The summed E-state index contributed by atoms with van der Waals surface area (Å²) in [5.74, 6) is 4.23. The number of methoxy groups -OCH3 is 3. The lowest BCUT2D eigenvalue weighted by atomic mass is 10.2. The molecule has 4 aromatic carbocycles. The zero-order valence-corrected chi connectivity index (χ0v) is 44.0. The van der Waals surface area contributed by atoms with Crippen molar-refractivity contribution in [2.24, 2.45) is 5.84 Å². The van der Waals surface area contributed by atoms with Crippen molar-refractivity contribution in [1.82, 2.24) is 30.2 Å². The highest BCUT2D eigenvalue weighted by Crippen LogP contribution is 2.38. The number of ether oxygens (including phenoxy) is 3. The van der Waals surface area contributed by atoms with Crippen molar-refractivity contribution in [1.29, 1.82) is 0 Å². The number of alkyl halides is 6. The first-order valence-electron chi connectivity index (χ1n) is 20.5. The fraction of sp³-hybridized carbons (Fsp3) is 0.178. The molecule has 402 valence electrons. The van der Waals surface area contributed by atoms with Crippen LogP contribution in [-0.2, 0) is 46.6 Å². The lowest BCUT2D eigenvalue weighted by molar-refractivity contribution is -0.252. The lowest BCUT2D eigenvalue weighted by Crippen LogP contribution is -2.31. The molecule has 0 aliphatic rings. The number of sulfonamides is 2. The van der Waals surface area contributed by atoms with Gasteiger partial charge in [0.05, 0.1) is 58.1 Å². The van der Waals surface area contributed by atoms with E-state index in [9.17, 15) is 48.0 Å². The highest BCUT2D eigenvalue weighted by molar-refractivity contribution is 7.93. The first kappa shape index (κ1) is 61.2. The molecule has 7 N–H and O–H groups in total. The number of para-hydroxylation sites is 2. The Morgan fingerprint density at radius 2 is 1.13 bits per heavy atom. The smallest absolute Gasteiger partial charge is 0.399 e. The predicted octanol–water partition coefficient (Wildman–Crippen LogP) is 10.4. The minimum absolute atomic E-state index is 0.0247. The van der Waals surface area contributed by atoms with Gasteiger partial charge in [-0.3, -0.25) is 24.2 Å². The van der Waals surface area contributed by atoms with Crippen molar-refractivity contribution in [3.05, 3.63) is 164 Å². The van der Waals surface area contributed by atoms with E-state index in [0.717, 1.165) is 59.0 Å². The predicted molar refractivity (Wildman–Crippen MR) is 270 cm³/mol. The van der Waals surface area contributed by atoms with Crippen LogP contribution in [0.3, 0.4) is 0 Å². The van der Waals surface area contributed by atoms with Crippen LogP contribution in [0.4, 0.5) is 43.4 Å². The van der Waals surface area contributed by atoms with E-state index in [-0.39, 0.29) is 32.9 Å². The fourth-order valence-corrected chi connectivity index (χ4v) is 8.86. The SMILES string of the molecule is COC(OC)OC.Cc1ccccc1-n1cnnc1-c1ncc(Cl)cc1NS(=O)(=O)c1ccc(Cl)c(C(F)(F)F)c1.Cc1ccccc1N.NNC(=O)c1ncc(Cl)cc1NS(=O)(=O)c1ccc(Cl)c(C(F)(F)F)c1. The molecule has 7 rings (SSSR count). The lowest BCUT2D eigenvalue weighted by Gasteiger charge is -2.15. The number of rotatable bonds is 12. The number of hydrazine groups is 1. The van der Waals surface area contributed by atoms with Crippen LogP contribution in [0.2, 0.25) is 20.1 Å². The molecule has 0 saturated heterocycles. The minimum Gasteiger partial charge on any atom is -0.399 e. The van der Waals surface area contributed by atoms with E-state index < -0.39 is 81.4 Å². The van der Waals surface area contributed by atoms with Crippen molar-refractivity contribution in [3.63, 3.8) is 0 Å². The van der Waals surface area contributed by atoms with Gasteiger partial charge in [-0.05, 0) is 85.6 Å². The maximum absolute atomic E-state index is 13.2. The maximum Gasteiger partial charge on any atom is 0.417 e. The number of nitrogen functional groups attached to an aromatic ring is 2. The Morgan fingerprint density at radius 1 is 0.667 bits per heavy atom. The molecule has 0 fully saturated rings. The van der Waals surface area contributed by atoms with Gasteiger partial charge >= 0.3 is 12.4 Å². The van der Waals surface area contributed by atoms with Crippen LogP contribution < -0.4 is 26.4 Å². The average Bonchev–Trinajstić information content (AvgIpc) is 3.82. The Hall–Kier alpha value is -6.33. The van der Waals surface area contributed by atoms with E-state index in [4.69, 9.17) is 58.0 Å². The van der Waals surface area contributed by atoms with E-state index in [0.29, 0.717) is 12.1 Å². The van der Waals surface area contributed by atoms with E-state index >= 15 is 0 Å². The van der Waals surface area contributed by atoms with E-state index in [1.807, 2.05) is 67.1 Å². The number of benzene rings is 4. The van der Waals surface area contributed by atoms with Crippen molar-refractivity contribution < 1.29 is 62.2 Å². The van der Waals surface area contributed by atoms with Gasteiger partial charge in [0.25, 0.3) is 32.4 Å². The number of hydrogen-bond donors (Lipinski definition) is 5. The Labute approximate surface area is 445 Å². The summed E-state index contributed by atoms with van der Waals surface area (Å²) in [5.41, 5.74) is 7.47. The normalized spacial score (nSPS) is 11.5. The Kier molecular flexibility index (Phi) is 21.6. The Morgan fingerprint density at radius 3 is 1.57 bits per heavy atom. The molecule has 0 bridgehead atoms. The van der Waals surface area contributed by atoms with Gasteiger partial charge in [-0.15, -0.1) is 10.2 Å². The second-order valence-corrected chi connectivity index (χ2v) is 19.8. The highest BCUT2D eigenvalue weighted by Gasteiger charge is 2.36. The summed E-state index contributed by atoms with van der Waals surface area (Å²) in [6.07, 6.45) is -5.91. The number of carbonyl (C=O) groups excluding carboxylic acids is 1. The molecule has 0 spiro atoms. The van der Waals surface area contributed by atoms with E-state index in [1.165, 1.54) is 39.9 Å². The zero-order valence-electron chi connectivity index (χ0n) is 39.3. The van der Waals surface area contributed by atoms with E-state index in [2.05, 4.69) is 39.1 Å². The molecular weight excluding hydrogens is 1130 g/mol. The summed E-state index contributed by atoms with van der Waals surface area (Å²) in [7, 11) is -4.48. The van der Waals surface area contributed by atoms with Crippen LogP contribution in [0.5, 0.6) is 0 Å². The van der Waals surface area contributed by atoms with Crippen LogP contribution in [0.1, 0.15) is 32.7 Å². The minimum atomic E-state index is -4.86. The van der Waals surface area contributed by atoms with Crippen molar-refractivity contribution >= 4 is 89.4 Å². The molecule has 0 atom stereocenters. The molecule has 0 unspecified atom stereocenters. The van der Waals surface area contributed by atoms with Gasteiger partial charge in [0, 0.05) is 39.4 Å². The number of nitrogens with one attached hydrogen (secondary N) is 3. The zero-order chi connectivity index (χ0) is 56.1. The third-order valence-electron chi connectivity index (χ3n) is 9.55.